The molecule has 2 aliphatic rings. The smallest absolute Gasteiger partial charge is 0.184 e. The zero-order valence-corrected chi connectivity index (χ0v) is 17.2. The molecule has 168 valence electrons. The molecule has 0 radical (unpaired) electrons. The van der Waals surface area contributed by atoms with E-state index in [4.69, 9.17) is 0 Å². The van der Waals surface area contributed by atoms with E-state index in [1.165, 1.54) is 31.4 Å². The molecule has 31 heavy (non-hydrogen) atoms. The molecular weight excluding hydrogens is 384 g/mol. The number of nitrogens with zero attached hydrogens (tertiary/aromatic N) is 1. The van der Waals surface area contributed by atoms with Crippen molar-refractivity contribution >= 4 is 17.3 Å². The number of hydrogen-bond acceptors (Lipinski definition) is 4. The predicted octanol–water partition coefficient (Wildman–Crippen LogP) is 6.17. The Hall–Kier alpha value is -2.59. The van der Waals surface area contributed by atoms with E-state index in [0.717, 1.165) is 24.0 Å². The van der Waals surface area contributed by atoms with Crippen LogP contribution in [-0.2, 0) is 0 Å². The first kappa shape index (κ1) is 26.4. The number of rotatable bonds is 7. The van der Waals surface area contributed by atoms with E-state index in [2.05, 4.69) is 17.2 Å². The third-order valence-corrected chi connectivity index (χ3v) is 5.70. The Labute approximate surface area is 188 Å². The molecule has 0 heterocycles. The fourth-order valence-corrected chi connectivity index (χ4v) is 3.30. The zero-order chi connectivity index (χ0) is 20.5. The highest BCUT2D eigenvalue weighted by molar-refractivity contribution is 5.99. The third-order valence-electron chi connectivity index (χ3n) is 5.70. The number of benzene rings is 2. The summed E-state index contributed by atoms with van der Waals surface area (Å²) in [5, 5.41) is 3.34. The fourth-order valence-electron chi connectivity index (χ4n) is 3.30. The molecule has 2 aromatic carbocycles. The SMILES string of the molecule is C.C.CC1(NCC(=O)c2ccccc2)CCC1.O=C(CN=C1CCC1)c1ccccc1. The topological polar surface area (TPSA) is 58.5 Å². The standard InChI is InChI=1S/C13H17NO.C12H13NO.2CH4/c1-13(8-5-9-13)14-10-12(15)11-6-3-2-4-7-11;14-12(9-13-11-7-4-8-11)10-5-2-1-3-6-10;;/h2-4,6-7,14H,5,8-10H2,1H3;1-3,5-6H,4,7-9H2;2*1H4. The fraction of sp³-hybridized carbons (Fsp3) is 0.444. The largest absolute Gasteiger partial charge is 0.304 e. The third kappa shape index (κ3) is 8.22. The van der Waals surface area contributed by atoms with Gasteiger partial charge in [-0.25, -0.2) is 0 Å². The van der Waals surface area contributed by atoms with Crippen molar-refractivity contribution in [2.24, 2.45) is 4.99 Å². The van der Waals surface area contributed by atoms with Crippen molar-refractivity contribution in [3.63, 3.8) is 0 Å². The Bertz CT molecular complexity index is 834. The van der Waals surface area contributed by atoms with Crippen molar-refractivity contribution in [2.75, 3.05) is 13.1 Å². The normalized spacial score (nSPS) is 15.5. The zero-order valence-electron chi connectivity index (χ0n) is 17.2. The summed E-state index contributed by atoms with van der Waals surface area (Å²) in [5.74, 6) is 0.300. The highest BCUT2D eigenvalue weighted by Gasteiger charge is 2.31. The van der Waals surface area contributed by atoms with Gasteiger partial charge in [-0.05, 0) is 45.4 Å². The van der Waals surface area contributed by atoms with Gasteiger partial charge in [0.05, 0.1) is 6.54 Å². The van der Waals surface area contributed by atoms with Gasteiger partial charge in [-0.2, -0.15) is 0 Å². The van der Waals surface area contributed by atoms with Crippen LogP contribution in [0.25, 0.3) is 0 Å². The van der Waals surface area contributed by atoms with Gasteiger partial charge in [0.25, 0.3) is 0 Å². The van der Waals surface area contributed by atoms with Crippen LogP contribution in [0.2, 0.25) is 0 Å². The molecule has 0 aromatic heterocycles. The quantitative estimate of drug-likeness (QED) is 0.543. The minimum atomic E-state index is 0. The molecule has 0 spiro atoms. The number of carbonyl (C=O) groups is 2. The van der Waals surface area contributed by atoms with Crippen LogP contribution < -0.4 is 5.32 Å². The second kappa shape index (κ2) is 13.0. The molecule has 0 amide bonds. The molecule has 0 saturated heterocycles. The van der Waals surface area contributed by atoms with Crippen LogP contribution >= 0.6 is 0 Å². The summed E-state index contributed by atoms with van der Waals surface area (Å²) in [5.41, 5.74) is 2.98. The molecule has 4 nitrogen and oxygen atoms in total. The highest BCUT2D eigenvalue weighted by atomic mass is 16.1. The molecular formula is C27H38N2O2. The maximum absolute atomic E-state index is 11.8. The summed E-state index contributed by atoms with van der Waals surface area (Å²) in [4.78, 5) is 27.6. The molecule has 1 N–H and O–H groups in total. The molecule has 4 heteroatoms. The lowest BCUT2D eigenvalue weighted by Crippen LogP contribution is -2.49. The van der Waals surface area contributed by atoms with Crippen molar-refractivity contribution in [1.29, 1.82) is 0 Å². The van der Waals surface area contributed by atoms with Crippen LogP contribution in [0.3, 0.4) is 0 Å². The lowest BCUT2D eigenvalue weighted by atomic mass is 9.78. The summed E-state index contributed by atoms with van der Waals surface area (Å²) < 4.78 is 0. The second-order valence-electron chi connectivity index (χ2n) is 8.08. The monoisotopic (exact) mass is 422 g/mol. The Kier molecular flexibility index (Phi) is 11.1. The van der Waals surface area contributed by atoms with E-state index < -0.39 is 0 Å². The summed E-state index contributed by atoms with van der Waals surface area (Å²) in [6.45, 7) is 2.97. The predicted molar refractivity (Wildman–Crippen MR) is 131 cm³/mol. The van der Waals surface area contributed by atoms with Crippen molar-refractivity contribution in [3.05, 3.63) is 71.8 Å². The minimum absolute atomic E-state index is 0. The van der Waals surface area contributed by atoms with Gasteiger partial charge in [-0.1, -0.05) is 75.5 Å². The van der Waals surface area contributed by atoms with E-state index in [0.29, 0.717) is 13.1 Å². The van der Waals surface area contributed by atoms with Crippen molar-refractivity contribution in [3.8, 4) is 0 Å². The number of ketones is 2. The van der Waals surface area contributed by atoms with Gasteiger partial charge in [-0.3, -0.25) is 14.6 Å². The molecule has 4 rings (SSSR count). The Morgan fingerprint density at radius 3 is 1.77 bits per heavy atom. The number of hydrogen-bond donors (Lipinski definition) is 1. The number of Topliss-reactive ketones (excluding diaryl/α,β-unsaturated/α-hetero) is 2. The van der Waals surface area contributed by atoms with Crippen molar-refractivity contribution < 1.29 is 9.59 Å². The van der Waals surface area contributed by atoms with Gasteiger partial charge < -0.3 is 5.32 Å². The average molecular weight is 423 g/mol. The minimum Gasteiger partial charge on any atom is -0.304 e. The Balaban J connectivity index is 0.000000292. The van der Waals surface area contributed by atoms with Gasteiger partial charge >= 0.3 is 0 Å². The lowest BCUT2D eigenvalue weighted by Gasteiger charge is -2.39. The molecule has 2 saturated carbocycles. The van der Waals surface area contributed by atoms with Gasteiger partial charge in [0.1, 0.15) is 6.54 Å². The van der Waals surface area contributed by atoms with E-state index in [1.54, 1.807) is 0 Å². The van der Waals surface area contributed by atoms with E-state index in [9.17, 15) is 9.59 Å². The van der Waals surface area contributed by atoms with Crippen molar-refractivity contribution in [2.45, 2.75) is 65.8 Å². The summed E-state index contributed by atoms with van der Waals surface area (Å²) in [7, 11) is 0. The van der Waals surface area contributed by atoms with Gasteiger partial charge in [0.2, 0.25) is 0 Å². The lowest BCUT2D eigenvalue weighted by molar-refractivity contribution is 0.0959. The summed E-state index contributed by atoms with van der Waals surface area (Å²) in [6.07, 6.45) is 7.07. The number of nitrogens with one attached hydrogen (secondary N) is 1. The van der Waals surface area contributed by atoms with Crippen LogP contribution in [0, 0.1) is 0 Å². The number of carbonyl (C=O) groups excluding carboxylic acids is 2. The number of aliphatic imine (C=N–C) groups is 1. The molecule has 2 aliphatic carbocycles. The second-order valence-corrected chi connectivity index (χ2v) is 8.08. The molecule has 0 atom stereocenters. The molecule has 0 bridgehead atoms. The van der Waals surface area contributed by atoms with Crippen molar-refractivity contribution in [1.82, 2.24) is 5.32 Å². The molecule has 0 unspecified atom stereocenters. The summed E-state index contributed by atoms with van der Waals surface area (Å²) in [6, 6.07) is 18.8. The van der Waals surface area contributed by atoms with Gasteiger partial charge in [0.15, 0.2) is 11.6 Å². The summed E-state index contributed by atoms with van der Waals surface area (Å²) >= 11 is 0. The van der Waals surface area contributed by atoms with Crippen LogP contribution in [-0.4, -0.2) is 35.9 Å². The van der Waals surface area contributed by atoms with E-state index in [-0.39, 0.29) is 32.0 Å². The molecule has 0 aliphatic heterocycles. The highest BCUT2D eigenvalue weighted by Crippen LogP contribution is 2.30. The molecule has 2 fully saturated rings. The van der Waals surface area contributed by atoms with Crippen LogP contribution in [0.5, 0.6) is 0 Å². The van der Waals surface area contributed by atoms with Gasteiger partial charge in [-0.15, -0.1) is 0 Å². The first-order chi connectivity index (χ1) is 14.1. The maximum Gasteiger partial charge on any atom is 0.184 e. The van der Waals surface area contributed by atoms with E-state index in [1.807, 2.05) is 60.7 Å². The Morgan fingerprint density at radius 2 is 1.35 bits per heavy atom. The maximum atomic E-state index is 11.8. The van der Waals surface area contributed by atoms with Crippen LogP contribution in [0.15, 0.2) is 65.7 Å². The molecule has 2 aromatic rings. The van der Waals surface area contributed by atoms with Crippen LogP contribution in [0.4, 0.5) is 0 Å². The Morgan fingerprint density at radius 1 is 0.839 bits per heavy atom. The average Bonchev–Trinajstić information content (AvgIpc) is 2.71. The van der Waals surface area contributed by atoms with Gasteiger partial charge in [0, 0.05) is 22.4 Å². The first-order valence-electron chi connectivity index (χ1n) is 10.5. The van der Waals surface area contributed by atoms with E-state index >= 15 is 0 Å². The first-order valence-corrected chi connectivity index (χ1v) is 10.5. The van der Waals surface area contributed by atoms with Crippen LogP contribution in [0.1, 0.15) is 81.0 Å².